The van der Waals surface area contributed by atoms with E-state index in [1.807, 2.05) is 18.2 Å². The largest absolute Gasteiger partial charge is 0.472 e. The number of nitrogens with one attached hydrogen (secondary N) is 1. The van der Waals surface area contributed by atoms with Crippen LogP contribution in [0.4, 0.5) is 5.69 Å². The maximum Gasteiger partial charge on any atom is 0.256 e. The lowest BCUT2D eigenvalue weighted by atomic mass is 10.1. The van der Waals surface area contributed by atoms with Crippen LogP contribution in [-0.2, 0) is 4.79 Å². The molecule has 1 aliphatic heterocycles. The summed E-state index contributed by atoms with van der Waals surface area (Å²) in [4.78, 5) is 12.0. The van der Waals surface area contributed by atoms with Gasteiger partial charge in [-0.15, -0.1) is 0 Å². The van der Waals surface area contributed by atoms with Crippen LogP contribution in [0.5, 0.6) is 0 Å². The lowest BCUT2D eigenvalue weighted by Crippen LogP contribution is -2.04. The molecule has 3 rings (SSSR count). The third-order valence-electron chi connectivity index (χ3n) is 3.16. The molecule has 0 radical (unpaired) electrons. The first-order chi connectivity index (χ1) is 9.15. The number of amides is 1. The van der Waals surface area contributed by atoms with Crippen LogP contribution in [0.15, 0.2) is 41.2 Å². The van der Waals surface area contributed by atoms with Crippen molar-refractivity contribution in [3.05, 3.63) is 47.9 Å². The Morgan fingerprint density at radius 2 is 2.11 bits per heavy atom. The summed E-state index contributed by atoms with van der Waals surface area (Å²) in [6.45, 7) is 4.41. The third-order valence-corrected chi connectivity index (χ3v) is 4.47. The zero-order valence-corrected chi connectivity index (χ0v) is 11.7. The highest BCUT2D eigenvalue weighted by molar-refractivity contribution is 7.64. The molecule has 1 aromatic carbocycles. The summed E-state index contributed by atoms with van der Waals surface area (Å²) >= 11 is 0. The fourth-order valence-electron chi connectivity index (χ4n) is 2.13. The molecule has 0 saturated heterocycles. The van der Waals surface area contributed by atoms with E-state index in [0.29, 0.717) is 5.57 Å². The predicted molar refractivity (Wildman–Crippen MR) is 80.1 cm³/mol. The molecule has 0 atom stereocenters. The fourth-order valence-corrected chi connectivity index (χ4v) is 2.89. The first-order valence-electron chi connectivity index (χ1n) is 6.02. The van der Waals surface area contributed by atoms with Crippen molar-refractivity contribution in [1.29, 1.82) is 0 Å². The number of hydrogen-bond acceptors (Lipinski definition) is 2. The molecule has 3 nitrogen and oxygen atoms in total. The van der Waals surface area contributed by atoms with E-state index >= 15 is 0 Å². The van der Waals surface area contributed by atoms with Crippen LogP contribution in [0.1, 0.15) is 11.1 Å². The van der Waals surface area contributed by atoms with Gasteiger partial charge in [-0.05, 0) is 36.8 Å². The molecule has 4 heteroatoms. The Labute approximate surface area is 113 Å². The van der Waals surface area contributed by atoms with E-state index in [0.717, 1.165) is 16.8 Å². The second-order valence-electron chi connectivity index (χ2n) is 4.69. The fraction of sp³-hybridized carbons (Fsp3) is 0.133. The van der Waals surface area contributed by atoms with Crippen LogP contribution >= 0.6 is 7.92 Å². The van der Waals surface area contributed by atoms with Crippen LogP contribution in [0.3, 0.4) is 0 Å². The molecule has 1 N–H and O–H groups in total. The number of anilines is 1. The number of carbonyl (C=O) groups is 1. The number of carbonyl (C=O) groups excluding carboxylic acids is 1. The van der Waals surface area contributed by atoms with Gasteiger partial charge in [-0.1, -0.05) is 20.1 Å². The number of furan rings is 1. The standard InChI is InChI=1S/C15H14NO2P/c1-19(2)11-3-4-12-13(7-10-5-6-18-9-10)15(17)16-14(12)8-11/h3-9H,1-2H3,(H,16,17)/b13-7-. The second-order valence-corrected chi connectivity index (χ2v) is 7.00. The SMILES string of the molecule is CP(C)c1ccc2c(c1)NC(=O)/C2=C\c1ccoc1. The monoisotopic (exact) mass is 271 g/mol. The van der Waals surface area contributed by atoms with Crippen LogP contribution in [-0.4, -0.2) is 19.2 Å². The van der Waals surface area contributed by atoms with Gasteiger partial charge in [0.25, 0.3) is 5.91 Å². The van der Waals surface area contributed by atoms with Gasteiger partial charge in [-0.25, -0.2) is 0 Å². The molecule has 96 valence electrons. The minimum atomic E-state index is -0.157. The molecule has 19 heavy (non-hydrogen) atoms. The van der Waals surface area contributed by atoms with Gasteiger partial charge in [-0.3, -0.25) is 4.79 Å². The minimum Gasteiger partial charge on any atom is -0.472 e. The maximum absolute atomic E-state index is 12.0. The quantitative estimate of drug-likeness (QED) is 0.673. The highest BCUT2D eigenvalue weighted by Gasteiger charge is 2.24. The highest BCUT2D eigenvalue weighted by Crippen LogP contribution is 2.35. The zero-order chi connectivity index (χ0) is 13.4. The molecule has 0 saturated carbocycles. The van der Waals surface area contributed by atoms with E-state index < -0.39 is 0 Å². The Morgan fingerprint density at radius 3 is 2.79 bits per heavy atom. The summed E-state index contributed by atoms with van der Waals surface area (Å²) in [5.74, 6) is -0.0510. The van der Waals surface area contributed by atoms with Crippen molar-refractivity contribution >= 4 is 36.5 Å². The van der Waals surface area contributed by atoms with Crippen molar-refractivity contribution in [3.63, 3.8) is 0 Å². The Hall–Kier alpha value is -1.86. The molecule has 0 aliphatic carbocycles. The Balaban J connectivity index is 2.06. The number of fused-ring (bicyclic) bond motifs is 1. The molecule has 0 fully saturated rings. The van der Waals surface area contributed by atoms with Gasteiger partial charge < -0.3 is 9.73 Å². The van der Waals surface area contributed by atoms with E-state index in [1.54, 1.807) is 12.5 Å². The van der Waals surface area contributed by atoms with Crippen molar-refractivity contribution < 1.29 is 9.21 Å². The molecule has 2 heterocycles. The third kappa shape index (κ3) is 2.22. The molecule has 2 aromatic rings. The van der Waals surface area contributed by atoms with Gasteiger partial charge >= 0.3 is 0 Å². The highest BCUT2D eigenvalue weighted by atomic mass is 31.1. The molecule has 0 unspecified atom stereocenters. The molecule has 0 spiro atoms. The molecule has 1 amide bonds. The Kier molecular flexibility index (Phi) is 3.00. The van der Waals surface area contributed by atoms with Crippen molar-refractivity contribution in [2.75, 3.05) is 18.6 Å². The molecule has 1 aliphatic rings. The lowest BCUT2D eigenvalue weighted by Gasteiger charge is -2.07. The molecule has 1 aromatic heterocycles. The normalized spacial score (nSPS) is 15.9. The van der Waals surface area contributed by atoms with Gasteiger partial charge in [0, 0.05) is 22.4 Å². The average molecular weight is 271 g/mol. The number of rotatable bonds is 2. The average Bonchev–Trinajstić information content (AvgIpc) is 2.98. The van der Waals surface area contributed by atoms with Gasteiger partial charge in [0.15, 0.2) is 0 Å². The van der Waals surface area contributed by atoms with E-state index in [1.165, 1.54) is 5.30 Å². The van der Waals surface area contributed by atoms with E-state index in [-0.39, 0.29) is 13.8 Å². The Bertz CT molecular complexity index is 657. The van der Waals surface area contributed by atoms with Crippen molar-refractivity contribution in [2.45, 2.75) is 0 Å². The van der Waals surface area contributed by atoms with Gasteiger partial charge in [0.05, 0.1) is 12.5 Å². The minimum absolute atomic E-state index is 0.0510. The molecule has 0 bridgehead atoms. The number of hydrogen-bond donors (Lipinski definition) is 1. The molecular formula is C15H14NO2P. The van der Waals surface area contributed by atoms with Crippen LogP contribution in [0, 0.1) is 0 Å². The van der Waals surface area contributed by atoms with Crippen molar-refractivity contribution in [2.24, 2.45) is 0 Å². The molecular weight excluding hydrogens is 257 g/mol. The topological polar surface area (TPSA) is 42.2 Å². The maximum atomic E-state index is 12.0. The summed E-state index contributed by atoms with van der Waals surface area (Å²) < 4.78 is 5.02. The van der Waals surface area contributed by atoms with E-state index in [9.17, 15) is 4.79 Å². The number of benzene rings is 1. The summed E-state index contributed by atoms with van der Waals surface area (Å²) in [6, 6.07) is 8.05. The van der Waals surface area contributed by atoms with Crippen LogP contribution in [0.2, 0.25) is 0 Å². The van der Waals surface area contributed by atoms with Crippen molar-refractivity contribution in [1.82, 2.24) is 0 Å². The summed E-state index contributed by atoms with van der Waals surface area (Å²) in [7, 11) is -0.157. The van der Waals surface area contributed by atoms with E-state index in [4.69, 9.17) is 4.42 Å². The van der Waals surface area contributed by atoms with Crippen molar-refractivity contribution in [3.8, 4) is 0 Å². The lowest BCUT2D eigenvalue weighted by molar-refractivity contribution is -0.110. The smallest absolute Gasteiger partial charge is 0.256 e. The van der Waals surface area contributed by atoms with Crippen LogP contribution in [0.25, 0.3) is 11.6 Å². The van der Waals surface area contributed by atoms with Gasteiger partial charge in [-0.2, -0.15) is 0 Å². The van der Waals surface area contributed by atoms with Crippen LogP contribution < -0.4 is 10.6 Å². The van der Waals surface area contributed by atoms with Gasteiger partial charge in [0.1, 0.15) is 0 Å². The first-order valence-corrected chi connectivity index (χ1v) is 8.26. The zero-order valence-electron chi connectivity index (χ0n) is 10.8. The van der Waals surface area contributed by atoms with Gasteiger partial charge in [0.2, 0.25) is 0 Å². The van der Waals surface area contributed by atoms with E-state index in [2.05, 4.69) is 30.8 Å². The first kappa shape index (κ1) is 12.2. The Morgan fingerprint density at radius 1 is 1.26 bits per heavy atom. The second kappa shape index (κ2) is 4.67. The summed E-state index contributed by atoms with van der Waals surface area (Å²) in [6.07, 6.45) is 5.08. The summed E-state index contributed by atoms with van der Waals surface area (Å²) in [5.41, 5.74) is 3.47. The predicted octanol–water partition coefficient (Wildman–Crippen LogP) is 3.14. The summed E-state index contributed by atoms with van der Waals surface area (Å²) in [5, 5.41) is 4.22.